The van der Waals surface area contributed by atoms with Crippen LogP contribution in [0.1, 0.15) is 44.9 Å². The molecule has 5 heteroatoms. The Morgan fingerprint density at radius 1 is 1.05 bits per heavy atom. The van der Waals surface area contributed by atoms with Gasteiger partial charge in [0, 0.05) is 13.6 Å². The molecule has 1 aliphatic heterocycles. The molecule has 1 heterocycles. The van der Waals surface area contributed by atoms with Crippen molar-refractivity contribution in [2.24, 2.45) is 11.8 Å². The number of hydrogen-bond acceptors (Lipinski definition) is 3. The highest BCUT2D eigenvalue weighted by atomic mass is 32.2. The predicted molar refractivity (Wildman–Crippen MR) is 78.6 cm³/mol. The van der Waals surface area contributed by atoms with Crippen LogP contribution >= 0.6 is 0 Å². The summed E-state index contributed by atoms with van der Waals surface area (Å²) in [5, 5.41) is 3.29. The molecule has 0 aromatic carbocycles. The summed E-state index contributed by atoms with van der Waals surface area (Å²) in [6.07, 6.45) is 8.41. The van der Waals surface area contributed by atoms with Gasteiger partial charge < -0.3 is 5.32 Å². The SMILES string of the molecule is CN(CC1CCCCC1)S(=O)(=O)CC1CCCNC1. The van der Waals surface area contributed by atoms with Crippen molar-refractivity contribution in [3.8, 4) is 0 Å². The van der Waals surface area contributed by atoms with E-state index in [1.807, 2.05) is 0 Å². The molecule has 0 bridgehead atoms. The van der Waals surface area contributed by atoms with Crippen LogP contribution in [0.5, 0.6) is 0 Å². The summed E-state index contributed by atoms with van der Waals surface area (Å²) in [5.74, 6) is 1.20. The van der Waals surface area contributed by atoms with Gasteiger partial charge in [-0.1, -0.05) is 19.3 Å². The van der Waals surface area contributed by atoms with E-state index in [-0.39, 0.29) is 0 Å². The number of nitrogens with one attached hydrogen (secondary N) is 1. The number of hydrogen-bond donors (Lipinski definition) is 1. The van der Waals surface area contributed by atoms with Crippen molar-refractivity contribution in [2.45, 2.75) is 44.9 Å². The zero-order valence-corrected chi connectivity index (χ0v) is 12.9. The van der Waals surface area contributed by atoms with Crippen LogP contribution in [-0.2, 0) is 10.0 Å². The second-order valence-electron chi connectivity index (χ2n) is 6.28. The molecule has 19 heavy (non-hydrogen) atoms. The molecule has 0 amide bonds. The second kappa shape index (κ2) is 7.04. The Balaban J connectivity index is 1.83. The first-order chi connectivity index (χ1) is 9.08. The Bertz CT molecular complexity index is 358. The first kappa shape index (κ1) is 15.3. The summed E-state index contributed by atoms with van der Waals surface area (Å²) in [4.78, 5) is 0. The molecule has 2 aliphatic rings. The van der Waals surface area contributed by atoms with Crippen LogP contribution in [-0.4, -0.2) is 45.2 Å². The molecule has 0 spiro atoms. The predicted octanol–water partition coefficient (Wildman–Crippen LogP) is 1.83. The number of nitrogens with zero attached hydrogens (tertiary/aromatic N) is 1. The van der Waals surface area contributed by atoms with Crippen molar-refractivity contribution in [2.75, 3.05) is 32.4 Å². The van der Waals surface area contributed by atoms with Gasteiger partial charge >= 0.3 is 0 Å². The molecule has 1 N–H and O–H groups in total. The Morgan fingerprint density at radius 2 is 1.74 bits per heavy atom. The molecule has 1 saturated carbocycles. The fourth-order valence-electron chi connectivity index (χ4n) is 3.34. The van der Waals surface area contributed by atoms with Gasteiger partial charge in [0.15, 0.2) is 0 Å². The third-order valence-corrected chi connectivity index (χ3v) is 6.55. The maximum atomic E-state index is 12.4. The maximum Gasteiger partial charge on any atom is 0.214 e. The molecular formula is C14H28N2O2S. The third kappa shape index (κ3) is 4.72. The molecule has 0 aromatic heterocycles. The highest BCUT2D eigenvalue weighted by Crippen LogP contribution is 2.25. The van der Waals surface area contributed by atoms with E-state index >= 15 is 0 Å². The van der Waals surface area contributed by atoms with Crippen molar-refractivity contribution in [3.05, 3.63) is 0 Å². The number of sulfonamides is 1. The van der Waals surface area contributed by atoms with E-state index in [1.54, 1.807) is 11.4 Å². The second-order valence-corrected chi connectivity index (χ2v) is 8.40. The van der Waals surface area contributed by atoms with Crippen LogP contribution in [0.3, 0.4) is 0 Å². The van der Waals surface area contributed by atoms with Crippen molar-refractivity contribution in [1.82, 2.24) is 9.62 Å². The van der Waals surface area contributed by atoms with Crippen LogP contribution < -0.4 is 5.32 Å². The van der Waals surface area contributed by atoms with Gasteiger partial charge in [0.25, 0.3) is 0 Å². The summed E-state index contributed by atoms with van der Waals surface area (Å²) < 4.78 is 26.4. The average molecular weight is 288 g/mol. The van der Waals surface area contributed by atoms with Crippen LogP contribution in [0.2, 0.25) is 0 Å². The van der Waals surface area contributed by atoms with E-state index in [0.717, 1.165) is 32.5 Å². The van der Waals surface area contributed by atoms with Crippen LogP contribution in [0.15, 0.2) is 0 Å². The van der Waals surface area contributed by atoms with Gasteiger partial charge in [-0.3, -0.25) is 0 Å². The molecule has 112 valence electrons. The summed E-state index contributed by atoms with van der Waals surface area (Å²) >= 11 is 0. The van der Waals surface area contributed by atoms with Crippen LogP contribution in [0.25, 0.3) is 0 Å². The maximum absolute atomic E-state index is 12.4. The first-order valence-electron chi connectivity index (χ1n) is 7.72. The van der Waals surface area contributed by atoms with E-state index in [1.165, 1.54) is 32.1 Å². The largest absolute Gasteiger partial charge is 0.316 e. The zero-order chi connectivity index (χ0) is 13.7. The average Bonchev–Trinajstić information content (AvgIpc) is 2.40. The monoisotopic (exact) mass is 288 g/mol. The quantitative estimate of drug-likeness (QED) is 0.839. The summed E-state index contributed by atoms with van der Waals surface area (Å²) in [5.41, 5.74) is 0. The number of piperidine rings is 1. The molecule has 4 nitrogen and oxygen atoms in total. The Kier molecular flexibility index (Phi) is 5.66. The molecular weight excluding hydrogens is 260 g/mol. The third-order valence-electron chi connectivity index (χ3n) is 4.56. The van der Waals surface area contributed by atoms with E-state index in [0.29, 0.717) is 17.6 Å². The molecule has 0 aromatic rings. The van der Waals surface area contributed by atoms with Crippen LogP contribution in [0.4, 0.5) is 0 Å². The van der Waals surface area contributed by atoms with Crippen molar-refractivity contribution >= 4 is 10.0 Å². The molecule has 2 rings (SSSR count). The Morgan fingerprint density at radius 3 is 2.37 bits per heavy atom. The fourth-order valence-corrected chi connectivity index (χ4v) is 4.91. The molecule has 0 radical (unpaired) electrons. The molecule has 2 fully saturated rings. The Labute approximate surface area is 118 Å². The highest BCUT2D eigenvalue weighted by Gasteiger charge is 2.27. The minimum atomic E-state index is -3.07. The first-order valence-corrected chi connectivity index (χ1v) is 9.33. The standard InChI is InChI=1S/C14H28N2O2S/c1-16(11-13-6-3-2-4-7-13)19(17,18)12-14-8-5-9-15-10-14/h13-15H,2-12H2,1H3. The molecule has 1 saturated heterocycles. The normalized spacial score (nSPS) is 26.7. The lowest BCUT2D eigenvalue weighted by atomic mass is 9.89. The van der Waals surface area contributed by atoms with E-state index < -0.39 is 10.0 Å². The van der Waals surface area contributed by atoms with Crippen LogP contribution in [0, 0.1) is 11.8 Å². The zero-order valence-electron chi connectivity index (χ0n) is 12.1. The molecule has 1 unspecified atom stereocenters. The lowest BCUT2D eigenvalue weighted by Crippen LogP contribution is -2.40. The minimum Gasteiger partial charge on any atom is -0.316 e. The van der Waals surface area contributed by atoms with Gasteiger partial charge in [0.05, 0.1) is 5.75 Å². The summed E-state index contributed by atoms with van der Waals surface area (Å²) in [6, 6.07) is 0. The highest BCUT2D eigenvalue weighted by molar-refractivity contribution is 7.89. The van der Waals surface area contributed by atoms with Gasteiger partial charge in [0.1, 0.15) is 0 Å². The van der Waals surface area contributed by atoms with Crippen molar-refractivity contribution in [3.63, 3.8) is 0 Å². The fraction of sp³-hybridized carbons (Fsp3) is 1.00. The van der Waals surface area contributed by atoms with Gasteiger partial charge in [-0.15, -0.1) is 0 Å². The lowest BCUT2D eigenvalue weighted by molar-refractivity contribution is 0.297. The molecule has 1 atom stereocenters. The molecule has 1 aliphatic carbocycles. The minimum absolute atomic E-state index is 0.299. The van der Waals surface area contributed by atoms with Gasteiger partial charge in [-0.25, -0.2) is 12.7 Å². The van der Waals surface area contributed by atoms with Crippen molar-refractivity contribution in [1.29, 1.82) is 0 Å². The lowest BCUT2D eigenvalue weighted by Gasteiger charge is -2.29. The summed E-state index contributed by atoms with van der Waals surface area (Å²) in [6.45, 7) is 2.62. The Hall–Kier alpha value is -0.130. The smallest absolute Gasteiger partial charge is 0.214 e. The topological polar surface area (TPSA) is 49.4 Å². The number of rotatable bonds is 5. The van der Waals surface area contributed by atoms with Crippen molar-refractivity contribution < 1.29 is 8.42 Å². The van der Waals surface area contributed by atoms with Gasteiger partial charge in [-0.2, -0.15) is 0 Å². The van der Waals surface area contributed by atoms with E-state index in [9.17, 15) is 8.42 Å². The van der Waals surface area contributed by atoms with E-state index in [2.05, 4.69) is 5.32 Å². The summed E-state index contributed by atoms with van der Waals surface area (Å²) in [7, 11) is -1.30. The van der Waals surface area contributed by atoms with Gasteiger partial charge in [0.2, 0.25) is 10.0 Å². The van der Waals surface area contributed by atoms with Gasteiger partial charge in [-0.05, 0) is 50.6 Å². The van der Waals surface area contributed by atoms with E-state index in [4.69, 9.17) is 0 Å².